The molecule has 0 aromatic carbocycles. The summed E-state index contributed by atoms with van der Waals surface area (Å²) >= 11 is 3.43. The molecule has 0 amide bonds. The Morgan fingerprint density at radius 1 is 0.917 bits per heavy atom. The Labute approximate surface area is 157 Å². The van der Waals surface area contributed by atoms with E-state index in [9.17, 15) is 4.79 Å². The van der Waals surface area contributed by atoms with E-state index >= 15 is 0 Å². The standard InChI is InChI=1S/C20H37BrO3/c1-3-5-7-8-10-13-17-23-19(15-6-4-2)20(22)24-18-14-11-9-12-16-21/h8,10,19H,3-7,9,11-18H2,1-2H3/b10-8-. The van der Waals surface area contributed by atoms with Crippen molar-refractivity contribution in [1.82, 2.24) is 0 Å². The molecule has 4 heteroatoms. The molecule has 0 aliphatic carbocycles. The Morgan fingerprint density at radius 2 is 1.62 bits per heavy atom. The summed E-state index contributed by atoms with van der Waals surface area (Å²) in [5, 5.41) is 1.05. The number of rotatable bonds is 17. The SMILES string of the molecule is CCCC/C=C\CCOC(CCCC)C(=O)OCCCCCCBr. The Morgan fingerprint density at radius 3 is 2.33 bits per heavy atom. The number of carbonyl (C=O) groups excluding carboxylic acids is 1. The fraction of sp³-hybridized carbons (Fsp3) is 0.850. The lowest BCUT2D eigenvalue weighted by atomic mass is 10.1. The molecule has 3 nitrogen and oxygen atoms in total. The molecule has 142 valence electrons. The van der Waals surface area contributed by atoms with Gasteiger partial charge in [0.1, 0.15) is 0 Å². The summed E-state index contributed by atoms with van der Waals surface area (Å²) in [6, 6.07) is 0. The van der Waals surface area contributed by atoms with Gasteiger partial charge in [-0.3, -0.25) is 0 Å². The van der Waals surface area contributed by atoms with Gasteiger partial charge in [-0.2, -0.15) is 0 Å². The summed E-state index contributed by atoms with van der Waals surface area (Å²) in [7, 11) is 0. The Hall–Kier alpha value is -0.350. The first-order chi connectivity index (χ1) is 11.8. The molecule has 0 N–H and O–H groups in total. The van der Waals surface area contributed by atoms with Crippen LogP contribution in [0.15, 0.2) is 12.2 Å². The topological polar surface area (TPSA) is 35.5 Å². The zero-order valence-electron chi connectivity index (χ0n) is 15.7. The largest absolute Gasteiger partial charge is 0.464 e. The first-order valence-corrected chi connectivity index (χ1v) is 10.9. The maximum atomic E-state index is 12.2. The van der Waals surface area contributed by atoms with Crippen LogP contribution in [0.3, 0.4) is 0 Å². The van der Waals surface area contributed by atoms with Crippen molar-refractivity contribution >= 4 is 21.9 Å². The molecule has 1 unspecified atom stereocenters. The number of hydrogen-bond acceptors (Lipinski definition) is 3. The van der Waals surface area contributed by atoms with E-state index in [2.05, 4.69) is 41.9 Å². The molecule has 0 bridgehead atoms. The van der Waals surface area contributed by atoms with Gasteiger partial charge in [-0.15, -0.1) is 0 Å². The quantitative estimate of drug-likeness (QED) is 0.125. The molecule has 0 radical (unpaired) electrons. The minimum atomic E-state index is -0.392. The van der Waals surface area contributed by atoms with Crippen LogP contribution in [0, 0.1) is 0 Å². The molecular formula is C20H37BrO3. The maximum Gasteiger partial charge on any atom is 0.335 e. The normalized spacial score (nSPS) is 12.6. The Balaban J connectivity index is 3.92. The lowest BCUT2D eigenvalue weighted by molar-refractivity contribution is -0.157. The molecule has 0 aliphatic heterocycles. The van der Waals surface area contributed by atoms with Crippen LogP contribution in [0.4, 0.5) is 0 Å². The minimum Gasteiger partial charge on any atom is -0.464 e. The first kappa shape index (κ1) is 23.6. The van der Waals surface area contributed by atoms with E-state index in [1.54, 1.807) is 0 Å². The molecule has 0 aromatic rings. The van der Waals surface area contributed by atoms with Crippen LogP contribution < -0.4 is 0 Å². The van der Waals surface area contributed by atoms with Crippen molar-refractivity contribution in [3.8, 4) is 0 Å². The van der Waals surface area contributed by atoms with Crippen LogP contribution in [0.5, 0.6) is 0 Å². The van der Waals surface area contributed by atoms with Gasteiger partial charge in [0.2, 0.25) is 0 Å². The van der Waals surface area contributed by atoms with Gasteiger partial charge in [0.25, 0.3) is 0 Å². The highest BCUT2D eigenvalue weighted by atomic mass is 79.9. The fourth-order valence-corrected chi connectivity index (χ4v) is 2.71. The Kier molecular flexibility index (Phi) is 18.7. The molecule has 0 fully saturated rings. The third-order valence-electron chi connectivity index (χ3n) is 3.85. The van der Waals surface area contributed by atoms with Gasteiger partial charge in [-0.25, -0.2) is 4.79 Å². The van der Waals surface area contributed by atoms with E-state index in [1.807, 2.05) is 0 Å². The number of halogens is 1. The number of ether oxygens (including phenoxy) is 2. The van der Waals surface area contributed by atoms with Crippen molar-refractivity contribution in [3.05, 3.63) is 12.2 Å². The van der Waals surface area contributed by atoms with Crippen LogP contribution in [-0.4, -0.2) is 30.6 Å². The lowest BCUT2D eigenvalue weighted by Gasteiger charge is -2.16. The van der Waals surface area contributed by atoms with Crippen LogP contribution >= 0.6 is 15.9 Å². The summed E-state index contributed by atoms with van der Waals surface area (Å²) in [6.45, 7) is 5.44. The average molecular weight is 405 g/mol. The zero-order valence-corrected chi connectivity index (χ0v) is 17.3. The first-order valence-electron chi connectivity index (χ1n) is 9.75. The summed E-state index contributed by atoms with van der Waals surface area (Å²) in [5.74, 6) is -0.182. The summed E-state index contributed by atoms with van der Waals surface area (Å²) in [6.07, 6.45) is 15.7. The smallest absolute Gasteiger partial charge is 0.335 e. The minimum absolute atomic E-state index is 0.182. The molecule has 24 heavy (non-hydrogen) atoms. The molecular weight excluding hydrogens is 368 g/mol. The monoisotopic (exact) mass is 404 g/mol. The van der Waals surface area contributed by atoms with E-state index in [0.29, 0.717) is 13.2 Å². The van der Waals surface area contributed by atoms with Gasteiger partial charge >= 0.3 is 5.97 Å². The summed E-state index contributed by atoms with van der Waals surface area (Å²) < 4.78 is 11.2. The van der Waals surface area contributed by atoms with Crippen molar-refractivity contribution in [2.45, 2.75) is 90.6 Å². The molecule has 0 aromatic heterocycles. The Bertz CT molecular complexity index is 305. The van der Waals surface area contributed by atoms with Crippen molar-refractivity contribution < 1.29 is 14.3 Å². The highest BCUT2D eigenvalue weighted by Crippen LogP contribution is 2.09. The number of esters is 1. The second kappa shape index (κ2) is 19.0. The molecule has 0 saturated heterocycles. The maximum absolute atomic E-state index is 12.2. The molecule has 0 aliphatic rings. The lowest BCUT2D eigenvalue weighted by Crippen LogP contribution is -2.27. The second-order valence-corrected chi connectivity index (χ2v) is 6.97. The van der Waals surface area contributed by atoms with Gasteiger partial charge in [-0.1, -0.05) is 80.5 Å². The van der Waals surface area contributed by atoms with Crippen LogP contribution in [0.1, 0.15) is 84.5 Å². The summed E-state index contributed by atoms with van der Waals surface area (Å²) in [4.78, 5) is 12.2. The highest BCUT2D eigenvalue weighted by molar-refractivity contribution is 9.09. The summed E-state index contributed by atoms with van der Waals surface area (Å²) in [5.41, 5.74) is 0. The van der Waals surface area contributed by atoms with Gasteiger partial charge in [-0.05, 0) is 32.1 Å². The zero-order chi connectivity index (χ0) is 17.9. The number of hydrogen-bond donors (Lipinski definition) is 0. The third-order valence-corrected chi connectivity index (χ3v) is 4.41. The van der Waals surface area contributed by atoms with Crippen molar-refractivity contribution in [1.29, 1.82) is 0 Å². The molecule has 0 spiro atoms. The predicted molar refractivity (Wildman–Crippen MR) is 106 cm³/mol. The van der Waals surface area contributed by atoms with E-state index < -0.39 is 6.10 Å². The fourth-order valence-electron chi connectivity index (χ4n) is 2.31. The van der Waals surface area contributed by atoms with Crippen molar-refractivity contribution in [2.24, 2.45) is 0 Å². The molecule has 0 saturated carbocycles. The van der Waals surface area contributed by atoms with Crippen LogP contribution in [0.25, 0.3) is 0 Å². The van der Waals surface area contributed by atoms with E-state index in [1.165, 1.54) is 25.7 Å². The third kappa shape index (κ3) is 15.2. The number of allylic oxidation sites excluding steroid dienone is 1. The van der Waals surface area contributed by atoms with Gasteiger partial charge < -0.3 is 9.47 Å². The number of unbranched alkanes of at least 4 members (excludes halogenated alkanes) is 6. The van der Waals surface area contributed by atoms with Crippen LogP contribution in [0.2, 0.25) is 0 Å². The van der Waals surface area contributed by atoms with Crippen molar-refractivity contribution in [3.63, 3.8) is 0 Å². The average Bonchev–Trinajstić information content (AvgIpc) is 2.59. The van der Waals surface area contributed by atoms with Crippen LogP contribution in [-0.2, 0) is 14.3 Å². The highest BCUT2D eigenvalue weighted by Gasteiger charge is 2.19. The van der Waals surface area contributed by atoms with Gasteiger partial charge in [0, 0.05) is 5.33 Å². The molecule has 1 atom stereocenters. The number of carbonyl (C=O) groups is 1. The number of alkyl halides is 1. The van der Waals surface area contributed by atoms with Crippen molar-refractivity contribution in [2.75, 3.05) is 18.5 Å². The van der Waals surface area contributed by atoms with E-state index in [-0.39, 0.29) is 5.97 Å². The van der Waals surface area contributed by atoms with Gasteiger partial charge in [0.05, 0.1) is 13.2 Å². The van der Waals surface area contributed by atoms with E-state index in [4.69, 9.17) is 9.47 Å². The predicted octanol–water partition coefficient (Wildman–Crippen LogP) is 6.20. The molecule has 0 heterocycles. The van der Waals surface area contributed by atoms with E-state index in [0.717, 1.165) is 50.3 Å². The second-order valence-electron chi connectivity index (χ2n) is 6.17. The molecule has 0 rings (SSSR count). The van der Waals surface area contributed by atoms with Gasteiger partial charge in [0.15, 0.2) is 6.10 Å².